The SMILES string of the molecule is O=CN1CCN(S(=O)(=O)c2cc(F)ccc2F)CC1. The molecule has 1 aliphatic rings. The molecular formula is C11H12F2N2O3S. The summed E-state index contributed by atoms with van der Waals surface area (Å²) in [5.41, 5.74) is 0. The largest absolute Gasteiger partial charge is 0.343 e. The van der Waals surface area contributed by atoms with Gasteiger partial charge in [0.25, 0.3) is 0 Å². The van der Waals surface area contributed by atoms with Gasteiger partial charge in [0.2, 0.25) is 16.4 Å². The molecule has 0 spiro atoms. The predicted molar refractivity (Wildman–Crippen MR) is 62.8 cm³/mol. The standard InChI is InChI=1S/C11H12F2N2O3S/c12-9-1-2-10(13)11(7-9)19(17,18)15-5-3-14(8-16)4-6-15/h1-2,7-8H,3-6H2. The Balaban J connectivity index is 2.28. The zero-order valence-electron chi connectivity index (χ0n) is 9.92. The lowest BCUT2D eigenvalue weighted by Crippen LogP contribution is -2.48. The van der Waals surface area contributed by atoms with E-state index in [9.17, 15) is 22.0 Å². The summed E-state index contributed by atoms with van der Waals surface area (Å²) in [5.74, 6) is -1.80. The van der Waals surface area contributed by atoms with Crippen LogP contribution in [-0.4, -0.2) is 50.2 Å². The van der Waals surface area contributed by atoms with Gasteiger partial charge in [-0.3, -0.25) is 4.79 Å². The highest BCUT2D eigenvalue weighted by molar-refractivity contribution is 7.89. The number of rotatable bonds is 3. The molecule has 0 aliphatic carbocycles. The molecule has 0 aromatic heterocycles. The van der Waals surface area contributed by atoms with Gasteiger partial charge in [0.15, 0.2) is 0 Å². The van der Waals surface area contributed by atoms with Gasteiger partial charge in [-0.1, -0.05) is 0 Å². The number of amides is 1. The van der Waals surface area contributed by atoms with Crippen LogP contribution in [0, 0.1) is 11.6 Å². The summed E-state index contributed by atoms with van der Waals surface area (Å²) in [7, 11) is -4.07. The Morgan fingerprint density at radius 1 is 1.11 bits per heavy atom. The molecule has 1 fully saturated rings. The van der Waals surface area contributed by atoms with Crippen LogP contribution in [0.2, 0.25) is 0 Å². The Bertz CT molecular complexity index is 584. The van der Waals surface area contributed by atoms with Crippen molar-refractivity contribution < 1.29 is 22.0 Å². The van der Waals surface area contributed by atoms with Crippen LogP contribution >= 0.6 is 0 Å². The van der Waals surface area contributed by atoms with Crippen molar-refractivity contribution in [2.45, 2.75) is 4.90 Å². The van der Waals surface area contributed by atoms with E-state index in [1.54, 1.807) is 0 Å². The minimum absolute atomic E-state index is 0.0665. The number of halogens is 2. The number of hydrogen-bond acceptors (Lipinski definition) is 3. The molecule has 2 rings (SSSR count). The number of sulfonamides is 1. The molecule has 0 radical (unpaired) electrons. The van der Waals surface area contributed by atoms with Crippen LogP contribution < -0.4 is 0 Å². The number of carbonyl (C=O) groups excluding carboxylic acids is 1. The minimum Gasteiger partial charge on any atom is -0.343 e. The molecule has 1 aliphatic heterocycles. The van der Waals surface area contributed by atoms with Crippen molar-refractivity contribution in [3.63, 3.8) is 0 Å². The first-order valence-electron chi connectivity index (χ1n) is 5.59. The van der Waals surface area contributed by atoms with Crippen molar-refractivity contribution in [1.82, 2.24) is 9.21 Å². The van der Waals surface area contributed by atoms with Gasteiger partial charge >= 0.3 is 0 Å². The third kappa shape index (κ3) is 2.74. The van der Waals surface area contributed by atoms with Crippen molar-refractivity contribution >= 4 is 16.4 Å². The Kier molecular flexibility index (Phi) is 3.81. The normalized spacial score (nSPS) is 17.5. The van der Waals surface area contributed by atoms with E-state index in [0.29, 0.717) is 12.5 Å². The van der Waals surface area contributed by atoms with E-state index in [-0.39, 0.29) is 26.2 Å². The van der Waals surface area contributed by atoms with E-state index >= 15 is 0 Å². The summed E-state index contributed by atoms with van der Waals surface area (Å²) in [5, 5.41) is 0. The molecular weight excluding hydrogens is 278 g/mol. The Morgan fingerprint density at radius 3 is 2.32 bits per heavy atom. The molecule has 1 amide bonds. The highest BCUT2D eigenvalue weighted by Gasteiger charge is 2.30. The van der Waals surface area contributed by atoms with Crippen LogP contribution in [-0.2, 0) is 14.8 Å². The van der Waals surface area contributed by atoms with E-state index in [1.807, 2.05) is 0 Å². The van der Waals surface area contributed by atoms with E-state index < -0.39 is 26.6 Å². The molecule has 1 heterocycles. The lowest BCUT2D eigenvalue weighted by Gasteiger charge is -2.31. The average molecular weight is 290 g/mol. The monoisotopic (exact) mass is 290 g/mol. The Hall–Kier alpha value is -1.54. The molecule has 0 saturated carbocycles. The van der Waals surface area contributed by atoms with Gasteiger partial charge in [-0.05, 0) is 18.2 Å². The molecule has 0 N–H and O–H groups in total. The maximum Gasteiger partial charge on any atom is 0.246 e. The van der Waals surface area contributed by atoms with Crippen LogP contribution in [0.5, 0.6) is 0 Å². The van der Waals surface area contributed by atoms with E-state index in [2.05, 4.69) is 0 Å². The minimum atomic E-state index is -4.07. The summed E-state index contributed by atoms with van der Waals surface area (Å²) < 4.78 is 52.0. The number of benzene rings is 1. The van der Waals surface area contributed by atoms with Crippen LogP contribution in [0.15, 0.2) is 23.1 Å². The van der Waals surface area contributed by atoms with Crippen LogP contribution in [0.25, 0.3) is 0 Å². The highest BCUT2D eigenvalue weighted by atomic mass is 32.2. The van der Waals surface area contributed by atoms with Gasteiger partial charge in [0.1, 0.15) is 16.5 Å². The third-order valence-electron chi connectivity index (χ3n) is 2.93. The molecule has 19 heavy (non-hydrogen) atoms. The van der Waals surface area contributed by atoms with Crippen LogP contribution in [0.3, 0.4) is 0 Å². The van der Waals surface area contributed by atoms with Crippen molar-refractivity contribution in [3.8, 4) is 0 Å². The average Bonchev–Trinajstić information content (AvgIpc) is 2.41. The Morgan fingerprint density at radius 2 is 1.74 bits per heavy atom. The molecule has 1 aromatic carbocycles. The summed E-state index contributed by atoms with van der Waals surface area (Å²) in [6.45, 7) is 0.605. The fourth-order valence-corrected chi connectivity index (χ4v) is 3.36. The number of nitrogens with zero attached hydrogens (tertiary/aromatic N) is 2. The number of carbonyl (C=O) groups is 1. The van der Waals surface area contributed by atoms with E-state index in [4.69, 9.17) is 0 Å². The molecule has 0 unspecified atom stereocenters. The summed E-state index contributed by atoms with van der Waals surface area (Å²) >= 11 is 0. The van der Waals surface area contributed by atoms with Crippen molar-refractivity contribution in [3.05, 3.63) is 29.8 Å². The topological polar surface area (TPSA) is 57.7 Å². The zero-order chi connectivity index (χ0) is 14.0. The first kappa shape index (κ1) is 13.9. The second-order valence-corrected chi connectivity index (χ2v) is 6.03. The first-order valence-corrected chi connectivity index (χ1v) is 7.03. The van der Waals surface area contributed by atoms with Crippen LogP contribution in [0.1, 0.15) is 0 Å². The summed E-state index contributed by atoms with van der Waals surface area (Å²) in [6.07, 6.45) is 0.632. The van der Waals surface area contributed by atoms with E-state index in [0.717, 1.165) is 16.4 Å². The maximum atomic E-state index is 13.5. The van der Waals surface area contributed by atoms with Gasteiger partial charge in [-0.25, -0.2) is 17.2 Å². The second kappa shape index (κ2) is 5.22. The summed E-state index contributed by atoms with van der Waals surface area (Å²) in [6, 6.07) is 2.30. The van der Waals surface area contributed by atoms with E-state index in [1.165, 1.54) is 4.90 Å². The fourth-order valence-electron chi connectivity index (χ4n) is 1.86. The molecule has 1 saturated heterocycles. The van der Waals surface area contributed by atoms with Gasteiger partial charge in [-0.15, -0.1) is 0 Å². The number of piperazine rings is 1. The van der Waals surface area contributed by atoms with Gasteiger partial charge in [0.05, 0.1) is 0 Å². The van der Waals surface area contributed by atoms with Gasteiger partial charge < -0.3 is 4.90 Å². The predicted octanol–water partition coefficient (Wildman–Crippen LogP) is 0.427. The summed E-state index contributed by atoms with van der Waals surface area (Å²) in [4.78, 5) is 11.3. The second-order valence-electron chi connectivity index (χ2n) is 4.12. The lowest BCUT2D eigenvalue weighted by atomic mass is 10.3. The lowest BCUT2D eigenvalue weighted by molar-refractivity contribution is -0.119. The Labute approximate surface area is 109 Å². The van der Waals surface area contributed by atoms with Gasteiger partial charge in [-0.2, -0.15) is 4.31 Å². The maximum absolute atomic E-state index is 13.5. The zero-order valence-corrected chi connectivity index (χ0v) is 10.7. The molecule has 1 aromatic rings. The molecule has 0 atom stereocenters. The molecule has 5 nitrogen and oxygen atoms in total. The van der Waals surface area contributed by atoms with Gasteiger partial charge in [0, 0.05) is 26.2 Å². The quantitative estimate of drug-likeness (QED) is 0.758. The molecule has 104 valence electrons. The first-order chi connectivity index (χ1) is 8.95. The van der Waals surface area contributed by atoms with Crippen molar-refractivity contribution in [2.75, 3.05) is 26.2 Å². The highest BCUT2D eigenvalue weighted by Crippen LogP contribution is 2.21. The molecule has 8 heteroatoms. The smallest absolute Gasteiger partial charge is 0.246 e. The third-order valence-corrected chi connectivity index (χ3v) is 4.85. The van der Waals surface area contributed by atoms with Crippen molar-refractivity contribution in [1.29, 1.82) is 0 Å². The van der Waals surface area contributed by atoms with Crippen LogP contribution in [0.4, 0.5) is 8.78 Å². The van der Waals surface area contributed by atoms with Crippen molar-refractivity contribution in [2.24, 2.45) is 0 Å². The fraction of sp³-hybridized carbons (Fsp3) is 0.364. The molecule has 0 bridgehead atoms. The number of hydrogen-bond donors (Lipinski definition) is 0.